The second-order valence-corrected chi connectivity index (χ2v) is 2.73. The molecule has 0 aliphatic carbocycles. The van der Waals surface area contributed by atoms with Gasteiger partial charge in [-0.15, -0.1) is 4.98 Å². The van der Waals surface area contributed by atoms with Gasteiger partial charge in [0.1, 0.15) is 5.82 Å². The minimum Gasteiger partial charge on any atom is -0.467 e. The first-order valence-electron chi connectivity index (χ1n) is 4.22. The molecule has 0 spiro atoms. The molecule has 0 radical (unpaired) electrons. The topological polar surface area (TPSA) is 80.8 Å². The third-order valence-corrected chi connectivity index (χ3v) is 1.75. The lowest BCUT2D eigenvalue weighted by Gasteiger charge is -2.00. The van der Waals surface area contributed by atoms with Crippen molar-refractivity contribution >= 4 is 0 Å². The molecule has 0 saturated carbocycles. The van der Waals surface area contributed by atoms with Gasteiger partial charge in [0, 0.05) is 18.0 Å². The number of aromatic amines is 1. The molecule has 15 heavy (non-hydrogen) atoms. The largest absolute Gasteiger partial charge is 0.467 e. The van der Waals surface area contributed by atoms with E-state index in [1.807, 2.05) is 0 Å². The van der Waals surface area contributed by atoms with E-state index < -0.39 is 5.69 Å². The summed E-state index contributed by atoms with van der Waals surface area (Å²) in [5.41, 5.74) is 0.205. The van der Waals surface area contributed by atoms with Crippen LogP contribution in [0, 0.1) is 0 Å². The third kappa shape index (κ3) is 1.98. The lowest BCUT2D eigenvalue weighted by Crippen LogP contribution is -2.14. The molecular formula is C9H8N4O2. The van der Waals surface area contributed by atoms with Crippen LogP contribution in [0.5, 0.6) is 6.01 Å². The van der Waals surface area contributed by atoms with Gasteiger partial charge in [0.05, 0.1) is 7.11 Å². The summed E-state index contributed by atoms with van der Waals surface area (Å²) in [4.78, 5) is 25.1. The highest BCUT2D eigenvalue weighted by atomic mass is 16.5. The number of pyridine rings is 1. The molecule has 2 heterocycles. The summed E-state index contributed by atoms with van der Waals surface area (Å²) in [5, 5.41) is 0. The van der Waals surface area contributed by atoms with Crippen LogP contribution in [-0.4, -0.2) is 27.0 Å². The van der Waals surface area contributed by atoms with Crippen molar-refractivity contribution in [3.8, 4) is 17.4 Å². The monoisotopic (exact) mass is 204 g/mol. The summed E-state index contributed by atoms with van der Waals surface area (Å²) in [6.07, 6.45) is 3.23. The Kier molecular flexibility index (Phi) is 2.40. The van der Waals surface area contributed by atoms with Gasteiger partial charge in [-0.2, -0.15) is 4.98 Å². The van der Waals surface area contributed by atoms with Gasteiger partial charge in [0.25, 0.3) is 0 Å². The molecule has 2 aromatic rings. The van der Waals surface area contributed by atoms with E-state index in [-0.39, 0.29) is 6.01 Å². The molecule has 2 aromatic heterocycles. The molecule has 0 saturated heterocycles. The summed E-state index contributed by atoms with van der Waals surface area (Å²) in [6.45, 7) is 0. The first kappa shape index (κ1) is 9.32. The quantitative estimate of drug-likeness (QED) is 0.757. The van der Waals surface area contributed by atoms with Gasteiger partial charge < -0.3 is 4.74 Å². The van der Waals surface area contributed by atoms with Gasteiger partial charge in [-0.05, 0) is 12.1 Å². The van der Waals surface area contributed by atoms with E-state index in [9.17, 15) is 4.79 Å². The number of nitrogens with zero attached hydrogens (tertiary/aromatic N) is 3. The van der Waals surface area contributed by atoms with Gasteiger partial charge in [0.15, 0.2) is 0 Å². The Morgan fingerprint density at radius 1 is 1.40 bits per heavy atom. The highest BCUT2D eigenvalue weighted by Crippen LogP contribution is 2.11. The molecule has 1 N–H and O–H groups in total. The van der Waals surface area contributed by atoms with Crippen LogP contribution < -0.4 is 10.4 Å². The van der Waals surface area contributed by atoms with Gasteiger partial charge in [-0.3, -0.25) is 9.97 Å². The molecule has 6 nitrogen and oxygen atoms in total. The van der Waals surface area contributed by atoms with E-state index in [0.717, 1.165) is 0 Å². The van der Waals surface area contributed by atoms with Crippen LogP contribution in [0.4, 0.5) is 0 Å². The van der Waals surface area contributed by atoms with Crippen LogP contribution >= 0.6 is 0 Å². The highest BCUT2D eigenvalue weighted by Gasteiger charge is 2.04. The van der Waals surface area contributed by atoms with Crippen LogP contribution in [0.25, 0.3) is 11.4 Å². The normalized spacial score (nSPS) is 9.93. The van der Waals surface area contributed by atoms with Crippen molar-refractivity contribution in [2.24, 2.45) is 0 Å². The zero-order valence-corrected chi connectivity index (χ0v) is 7.97. The van der Waals surface area contributed by atoms with Crippen molar-refractivity contribution in [2.75, 3.05) is 7.11 Å². The third-order valence-electron chi connectivity index (χ3n) is 1.75. The molecule has 0 fully saturated rings. The number of rotatable bonds is 2. The van der Waals surface area contributed by atoms with E-state index >= 15 is 0 Å². The summed E-state index contributed by atoms with van der Waals surface area (Å²) in [5.74, 6) is 0.389. The molecule has 0 atom stereocenters. The van der Waals surface area contributed by atoms with Gasteiger partial charge in [0.2, 0.25) is 0 Å². The molecule has 6 heteroatoms. The minimum absolute atomic E-state index is 0.0394. The van der Waals surface area contributed by atoms with E-state index in [1.54, 1.807) is 24.5 Å². The summed E-state index contributed by atoms with van der Waals surface area (Å²) >= 11 is 0. The van der Waals surface area contributed by atoms with Crippen LogP contribution in [-0.2, 0) is 0 Å². The molecule has 76 valence electrons. The Balaban J connectivity index is 2.54. The van der Waals surface area contributed by atoms with E-state index in [1.165, 1.54) is 7.11 Å². The highest BCUT2D eigenvalue weighted by molar-refractivity contribution is 5.52. The Morgan fingerprint density at radius 2 is 2.27 bits per heavy atom. The fourth-order valence-corrected chi connectivity index (χ4v) is 1.10. The molecule has 0 bridgehead atoms. The molecular weight excluding hydrogens is 196 g/mol. The fourth-order valence-electron chi connectivity index (χ4n) is 1.10. The number of nitrogens with one attached hydrogen (secondary N) is 1. The van der Waals surface area contributed by atoms with Crippen LogP contribution in [0.2, 0.25) is 0 Å². The summed E-state index contributed by atoms with van der Waals surface area (Å²) in [6, 6.07) is 3.57. The van der Waals surface area contributed by atoms with Crippen molar-refractivity contribution in [3.05, 3.63) is 35.0 Å². The van der Waals surface area contributed by atoms with Gasteiger partial charge in [-0.1, -0.05) is 0 Å². The average Bonchev–Trinajstić information content (AvgIpc) is 2.29. The number of hydrogen-bond donors (Lipinski definition) is 1. The van der Waals surface area contributed by atoms with Crippen molar-refractivity contribution < 1.29 is 4.74 Å². The summed E-state index contributed by atoms with van der Waals surface area (Å²) < 4.78 is 4.79. The van der Waals surface area contributed by atoms with Crippen molar-refractivity contribution in [1.29, 1.82) is 0 Å². The second-order valence-electron chi connectivity index (χ2n) is 2.73. The molecule has 0 aromatic carbocycles. The molecule has 0 amide bonds. The zero-order chi connectivity index (χ0) is 10.7. The number of H-pyrrole nitrogens is 1. The van der Waals surface area contributed by atoms with Gasteiger partial charge >= 0.3 is 11.7 Å². The Labute approximate surface area is 85.0 Å². The second kappa shape index (κ2) is 3.87. The van der Waals surface area contributed by atoms with E-state index in [0.29, 0.717) is 11.4 Å². The van der Waals surface area contributed by atoms with Crippen molar-refractivity contribution in [1.82, 2.24) is 19.9 Å². The lowest BCUT2D eigenvalue weighted by molar-refractivity contribution is 0.377. The Hall–Kier alpha value is -2.24. The maximum Gasteiger partial charge on any atom is 0.351 e. The lowest BCUT2D eigenvalue weighted by atomic mass is 10.3. The maximum absolute atomic E-state index is 11.1. The Morgan fingerprint density at radius 3 is 2.93 bits per heavy atom. The maximum atomic E-state index is 11.1. The molecule has 0 unspecified atom stereocenters. The van der Waals surface area contributed by atoms with E-state index in [4.69, 9.17) is 4.74 Å². The van der Waals surface area contributed by atoms with Crippen molar-refractivity contribution in [2.45, 2.75) is 0 Å². The predicted molar refractivity (Wildman–Crippen MR) is 52.4 cm³/mol. The van der Waals surface area contributed by atoms with Crippen LogP contribution in [0.15, 0.2) is 29.3 Å². The predicted octanol–water partition coefficient (Wildman–Crippen LogP) is 0.235. The molecule has 2 rings (SSSR count). The number of methoxy groups -OCH3 is 1. The number of aromatic nitrogens is 4. The average molecular weight is 204 g/mol. The zero-order valence-electron chi connectivity index (χ0n) is 7.97. The summed E-state index contributed by atoms with van der Waals surface area (Å²) in [7, 11) is 1.40. The standard InChI is InChI=1S/C9H8N4O2/c1-15-9-12-7(11-8(14)13-9)6-3-2-4-10-5-6/h2-5H,1H3,(H,11,12,13,14). The fraction of sp³-hybridized carbons (Fsp3) is 0.111. The smallest absolute Gasteiger partial charge is 0.351 e. The number of hydrogen-bond acceptors (Lipinski definition) is 5. The van der Waals surface area contributed by atoms with Crippen LogP contribution in [0.1, 0.15) is 0 Å². The van der Waals surface area contributed by atoms with Crippen LogP contribution in [0.3, 0.4) is 0 Å². The first-order valence-corrected chi connectivity index (χ1v) is 4.22. The minimum atomic E-state index is -0.499. The molecule has 0 aliphatic rings. The SMILES string of the molecule is COc1nc(-c2cccnc2)[nH]c(=O)n1. The first-order chi connectivity index (χ1) is 7.29. The van der Waals surface area contributed by atoms with Gasteiger partial charge in [-0.25, -0.2) is 4.79 Å². The molecule has 0 aliphatic heterocycles. The van der Waals surface area contributed by atoms with E-state index in [2.05, 4.69) is 19.9 Å². The van der Waals surface area contributed by atoms with Crippen molar-refractivity contribution in [3.63, 3.8) is 0 Å². The Bertz CT molecular complexity index is 509. The number of ether oxygens (including phenoxy) is 1.